The molecule has 166 valence electrons. The number of halogens is 1. The van der Waals surface area contributed by atoms with Gasteiger partial charge in [-0.1, -0.05) is 11.6 Å². The van der Waals surface area contributed by atoms with E-state index in [4.69, 9.17) is 21.2 Å². The average molecular weight is 446 g/mol. The van der Waals surface area contributed by atoms with Crippen molar-refractivity contribution in [3.63, 3.8) is 0 Å². The van der Waals surface area contributed by atoms with Gasteiger partial charge < -0.3 is 19.5 Å². The fraction of sp³-hybridized carbons (Fsp3) is 0.364. The molecule has 31 heavy (non-hydrogen) atoms. The summed E-state index contributed by atoms with van der Waals surface area (Å²) >= 11 is 6.57. The van der Waals surface area contributed by atoms with E-state index >= 15 is 0 Å². The summed E-state index contributed by atoms with van der Waals surface area (Å²) in [6, 6.07) is 7.54. The topological polar surface area (TPSA) is 82.7 Å². The summed E-state index contributed by atoms with van der Waals surface area (Å²) in [6.45, 7) is 1.88. The molecule has 3 rings (SSSR count). The number of H-pyrrole nitrogens is 1. The van der Waals surface area contributed by atoms with Crippen LogP contribution in [0.3, 0.4) is 0 Å². The molecule has 0 saturated carbocycles. The molecule has 8 nitrogen and oxygen atoms in total. The first-order valence-corrected chi connectivity index (χ1v) is 10.3. The van der Waals surface area contributed by atoms with Gasteiger partial charge in [0.25, 0.3) is 5.91 Å². The molecule has 0 saturated heterocycles. The van der Waals surface area contributed by atoms with E-state index in [1.54, 1.807) is 19.4 Å². The molecule has 1 aromatic carbocycles. The van der Waals surface area contributed by atoms with Crippen molar-refractivity contribution in [1.82, 2.24) is 20.3 Å². The van der Waals surface area contributed by atoms with E-state index in [0.29, 0.717) is 16.5 Å². The van der Waals surface area contributed by atoms with Crippen molar-refractivity contribution in [3.8, 4) is 17.0 Å². The smallest absolute Gasteiger partial charge is 0.276 e. The van der Waals surface area contributed by atoms with Gasteiger partial charge in [0.15, 0.2) is 0 Å². The third-order valence-corrected chi connectivity index (χ3v) is 5.34. The summed E-state index contributed by atoms with van der Waals surface area (Å²) in [7, 11) is 9.11. The van der Waals surface area contributed by atoms with E-state index in [9.17, 15) is 4.79 Å². The molecule has 0 radical (unpaired) electrons. The van der Waals surface area contributed by atoms with Crippen LogP contribution in [0.5, 0.6) is 5.88 Å². The number of nitrogens with zero attached hydrogens (tertiary/aromatic N) is 3. The number of carbonyl (C=O) groups excluding carboxylic acids is 1. The number of hydrogen-bond acceptors (Lipinski definition) is 6. The van der Waals surface area contributed by atoms with Gasteiger partial charge in [0.2, 0.25) is 5.88 Å². The van der Waals surface area contributed by atoms with Crippen LogP contribution >= 0.6 is 11.6 Å². The van der Waals surface area contributed by atoms with Crippen molar-refractivity contribution in [2.24, 2.45) is 0 Å². The molecule has 1 amide bonds. The molecule has 0 aliphatic heterocycles. The van der Waals surface area contributed by atoms with Gasteiger partial charge in [0.05, 0.1) is 24.8 Å². The van der Waals surface area contributed by atoms with Crippen molar-refractivity contribution < 1.29 is 14.4 Å². The lowest BCUT2D eigenvalue weighted by Gasteiger charge is -2.21. The highest BCUT2D eigenvalue weighted by molar-refractivity contribution is 6.34. The van der Waals surface area contributed by atoms with Gasteiger partial charge in [-0.25, -0.2) is 5.48 Å². The Bertz CT molecular complexity index is 1070. The summed E-state index contributed by atoms with van der Waals surface area (Å²) in [5.74, 6) is 0.941. The number of rotatable bonds is 9. The lowest BCUT2D eigenvalue weighted by Crippen LogP contribution is -2.24. The molecule has 0 atom stereocenters. The Morgan fingerprint density at radius 3 is 2.61 bits per heavy atom. The van der Waals surface area contributed by atoms with Crippen LogP contribution in [0.15, 0.2) is 30.5 Å². The number of amides is 1. The standard InChI is InChI=1S/C22H28ClN5O3/c1-27(2)9-6-10-28(3)20-8-7-14(22(25-20)30-4)15-11-16-17(21(29)26-31-5)13-24-19(16)12-18(15)23/h7-8,11-13,24H,6,9-10H2,1-5H3,(H,26,29). The Kier molecular flexibility index (Phi) is 7.37. The Hall–Kier alpha value is -2.81. The zero-order chi connectivity index (χ0) is 22.5. The molecule has 0 aliphatic rings. The molecule has 2 aromatic heterocycles. The van der Waals surface area contributed by atoms with Crippen LogP contribution in [0.2, 0.25) is 5.02 Å². The molecular formula is C22H28ClN5O3. The van der Waals surface area contributed by atoms with Crippen LogP contribution in [0.1, 0.15) is 16.8 Å². The summed E-state index contributed by atoms with van der Waals surface area (Å²) in [6.07, 6.45) is 2.65. The fourth-order valence-electron chi connectivity index (χ4n) is 3.43. The van der Waals surface area contributed by atoms with Gasteiger partial charge in [-0.2, -0.15) is 4.98 Å². The Morgan fingerprint density at radius 2 is 1.94 bits per heavy atom. The lowest BCUT2D eigenvalue weighted by atomic mass is 10.0. The number of aromatic nitrogens is 2. The fourth-order valence-corrected chi connectivity index (χ4v) is 3.69. The zero-order valence-corrected chi connectivity index (χ0v) is 19.2. The molecule has 0 fully saturated rings. The van der Waals surface area contributed by atoms with Gasteiger partial charge in [0, 0.05) is 41.8 Å². The minimum Gasteiger partial charge on any atom is -0.480 e. The van der Waals surface area contributed by atoms with Gasteiger partial charge in [-0.15, -0.1) is 0 Å². The van der Waals surface area contributed by atoms with Gasteiger partial charge in [0.1, 0.15) is 5.82 Å². The van der Waals surface area contributed by atoms with Crippen LogP contribution in [-0.4, -0.2) is 69.2 Å². The van der Waals surface area contributed by atoms with Crippen LogP contribution in [-0.2, 0) is 4.84 Å². The average Bonchev–Trinajstić information content (AvgIpc) is 3.15. The Morgan fingerprint density at radius 1 is 1.16 bits per heavy atom. The summed E-state index contributed by atoms with van der Waals surface area (Å²) in [5, 5.41) is 1.25. The third kappa shape index (κ3) is 5.10. The number of hydroxylamine groups is 1. The number of nitrogens with one attached hydrogen (secondary N) is 2. The van der Waals surface area contributed by atoms with Gasteiger partial charge in [-0.3, -0.25) is 9.63 Å². The highest BCUT2D eigenvalue weighted by Crippen LogP contribution is 2.38. The predicted octanol–water partition coefficient (Wildman–Crippen LogP) is 3.57. The first-order valence-electron chi connectivity index (χ1n) is 9.91. The molecule has 0 aliphatic carbocycles. The molecule has 2 N–H and O–H groups in total. The largest absolute Gasteiger partial charge is 0.480 e. The van der Waals surface area contributed by atoms with E-state index < -0.39 is 0 Å². The molecule has 0 unspecified atom stereocenters. The number of fused-ring (bicyclic) bond motifs is 1. The van der Waals surface area contributed by atoms with E-state index in [1.807, 2.05) is 25.2 Å². The van der Waals surface area contributed by atoms with E-state index in [0.717, 1.165) is 47.4 Å². The van der Waals surface area contributed by atoms with E-state index in [1.165, 1.54) is 7.11 Å². The minimum absolute atomic E-state index is 0.346. The van der Waals surface area contributed by atoms with Crippen molar-refractivity contribution in [2.45, 2.75) is 6.42 Å². The number of benzene rings is 1. The number of ether oxygens (including phenoxy) is 1. The van der Waals surface area contributed by atoms with Crippen LogP contribution < -0.4 is 15.1 Å². The van der Waals surface area contributed by atoms with Crippen molar-refractivity contribution >= 4 is 34.2 Å². The maximum Gasteiger partial charge on any atom is 0.276 e. The lowest BCUT2D eigenvalue weighted by molar-refractivity contribution is 0.0539. The first kappa shape index (κ1) is 22.9. The van der Waals surface area contributed by atoms with E-state index in [2.05, 4.69) is 39.3 Å². The number of aromatic amines is 1. The number of anilines is 1. The Labute approximate surface area is 187 Å². The van der Waals surface area contributed by atoms with Gasteiger partial charge in [-0.05, 0) is 51.3 Å². The molecule has 2 heterocycles. The highest BCUT2D eigenvalue weighted by atomic mass is 35.5. The zero-order valence-electron chi connectivity index (χ0n) is 18.5. The molecule has 3 aromatic rings. The summed E-state index contributed by atoms with van der Waals surface area (Å²) < 4.78 is 5.59. The van der Waals surface area contributed by atoms with Crippen molar-refractivity contribution in [1.29, 1.82) is 0 Å². The molecule has 0 bridgehead atoms. The summed E-state index contributed by atoms with van der Waals surface area (Å²) in [4.78, 5) is 29.0. The maximum atomic E-state index is 12.3. The molecule has 9 heteroatoms. The minimum atomic E-state index is -0.346. The van der Waals surface area contributed by atoms with Crippen molar-refractivity contribution in [2.75, 3.05) is 53.4 Å². The predicted molar refractivity (Wildman–Crippen MR) is 124 cm³/mol. The van der Waals surface area contributed by atoms with Crippen LogP contribution in [0.4, 0.5) is 5.82 Å². The van der Waals surface area contributed by atoms with Crippen LogP contribution in [0, 0.1) is 0 Å². The second kappa shape index (κ2) is 10.00. The molecule has 0 spiro atoms. The molecular weight excluding hydrogens is 418 g/mol. The monoisotopic (exact) mass is 445 g/mol. The summed E-state index contributed by atoms with van der Waals surface area (Å²) in [5.41, 5.74) is 5.03. The number of carbonyl (C=O) groups is 1. The second-order valence-corrected chi connectivity index (χ2v) is 7.93. The normalized spacial score (nSPS) is 11.2. The third-order valence-electron chi connectivity index (χ3n) is 5.03. The van der Waals surface area contributed by atoms with Crippen LogP contribution in [0.25, 0.3) is 22.0 Å². The number of methoxy groups -OCH3 is 1. The van der Waals surface area contributed by atoms with Gasteiger partial charge >= 0.3 is 0 Å². The maximum absolute atomic E-state index is 12.3. The van der Waals surface area contributed by atoms with E-state index in [-0.39, 0.29) is 5.91 Å². The highest BCUT2D eigenvalue weighted by Gasteiger charge is 2.18. The Balaban J connectivity index is 1.96. The SMILES string of the molecule is CONC(=O)c1c[nH]c2cc(Cl)c(-c3ccc(N(C)CCCN(C)C)nc3OC)cc12. The quantitative estimate of drug-likeness (QED) is 0.490. The number of hydrogen-bond donors (Lipinski definition) is 2. The first-order chi connectivity index (χ1) is 14.8. The second-order valence-electron chi connectivity index (χ2n) is 7.52. The van der Waals surface area contributed by atoms with Crippen molar-refractivity contribution in [3.05, 3.63) is 41.0 Å². The number of pyridine rings is 1.